The molecule has 1 N–H and O–H groups in total. The van der Waals surface area contributed by atoms with Gasteiger partial charge in [-0.2, -0.15) is 4.99 Å². The topological polar surface area (TPSA) is 59.8 Å². The average Bonchev–Trinajstić information content (AvgIpc) is 4.01. The van der Waals surface area contributed by atoms with Crippen LogP contribution in [0.2, 0.25) is 0 Å². The smallest absolute Gasteiger partial charge is 0.234 e. The Morgan fingerprint density at radius 1 is 0.400 bits per heavy atom. The number of aliphatic imine (C=N–C) groups is 2. The standard InChI is InChI=1S/C59H37N5O/c1-2-15-36(16-3-1)37-21-14-22-42(29-37)57-60-58(62-59(61-57)64-50-26-11-8-23-43(50)44-24-9-12-27-51(44)64)49-34-48-45-25-10-13-28-55(45)65-56(48)35-54(49)63-52-32-40-19-6-4-17-38(40)30-46(52)47-31-39-18-5-7-20-41(39)33-53(47)63/h1-35,57H,(H,60,61,62). The van der Waals surface area contributed by atoms with E-state index in [0.29, 0.717) is 11.8 Å². The first-order valence-electron chi connectivity index (χ1n) is 22.1. The highest BCUT2D eigenvalue weighted by molar-refractivity contribution is 6.21. The number of amidine groups is 1. The molecule has 1 atom stereocenters. The van der Waals surface area contributed by atoms with Gasteiger partial charge < -0.3 is 14.3 Å². The van der Waals surface area contributed by atoms with Crippen LogP contribution in [0.5, 0.6) is 0 Å². The molecule has 0 spiro atoms. The minimum absolute atomic E-state index is 0.475. The van der Waals surface area contributed by atoms with Crippen molar-refractivity contribution in [3.63, 3.8) is 0 Å². The van der Waals surface area contributed by atoms with Crippen molar-refractivity contribution in [2.24, 2.45) is 9.98 Å². The predicted molar refractivity (Wildman–Crippen MR) is 270 cm³/mol. The Kier molecular flexibility index (Phi) is 7.65. The van der Waals surface area contributed by atoms with E-state index in [2.05, 4.69) is 215 Å². The van der Waals surface area contributed by atoms with Crippen LogP contribution in [0.25, 0.3) is 104 Å². The maximum absolute atomic E-state index is 6.72. The molecule has 6 heteroatoms. The molecule has 3 aromatic heterocycles. The van der Waals surface area contributed by atoms with Crippen LogP contribution in [-0.2, 0) is 0 Å². The van der Waals surface area contributed by atoms with E-state index in [1.54, 1.807) is 0 Å². The van der Waals surface area contributed by atoms with Crippen molar-refractivity contribution in [1.29, 1.82) is 0 Å². The highest BCUT2D eigenvalue weighted by Gasteiger charge is 2.28. The highest BCUT2D eigenvalue weighted by Crippen LogP contribution is 2.41. The largest absolute Gasteiger partial charge is 0.456 e. The van der Waals surface area contributed by atoms with Crippen molar-refractivity contribution >= 4 is 98.9 Å². The van der Waals surface area contributed by atoms with Gasteiger partial charge in [0.05, 0.1) is 27.8 Å². The molecular formula is C59H37N5O. The lowest BCUT2D eigenvalue weighted by atomic mass is 10.0. The van der Waals surface area contributed by atoms with Crippen LogP contribution in [0.4, 0.5) is 0 Å². The summed E-state index contributed by atoms with van der Waals surface area (Å²) in [7, 11) is 0. The van der Waals surface area contributed by atoms with Crippen LogP contribution in [0.15, 0.2) is 227 Å². The van der Waals surface area contributed by atoms with Crippen molar-refractivity contribution in [3.05, 3.63) is 223 Å². The summed E-state index contributed by atoms with van der Waals surface area (Å²) in [6, 6.07) is 75.8. The third kappa shape index (κ3) is 5.54. The van der Waals surface area contributed by atoms with Crippen LogP contribution < -0.4 is 5.32 Å². The van der Waals surface area contributed by atoms with Gasteiger partial charge in [0, 0.05) is 43.9 Å². The fourth-order valence-electron chi connectivity index (χ4n) is 10.3. The lowest BCUT2D eigenvalue weighted by Gasteiger charge is -2.26. The number of hydrogen-bond acceptors (Lipinski definition) is 4. The summed E-state index contributed by atoms with van der Waals surface area (Å²) in [5.74, 6) is 1.32. The molecule has 1 aliphatic heterocycles. The number of benzene rings is 10. The van der Waals surface area contributed by atoms with Gasteiger partial charge in [-0.1, -0.05) is 152 Å². The Morgan fingerprint density at radius 2 is 0.969 bits per heavy atom. The van der Waals surface area contributed by atoms with Gasteiger partial charge in [-0.25, -0.2) is 4.99 Å². The van der Waals surface area contributed by atoms with E-state index in [9.17, 15) is 0 Å². The van der Waals surface area contributed by atoms with E-state index < -0.39 is 6.17 Å². The molecule has 65 heavy (non-hydrogen) atoms. The average molecular weight is 832 g/mol. The van der Waals surface area contributed by atoms with Crippen molar-refractivity contribution < 1.29 is 4.42 Å². The van der Waals surface area contributed by atoms with Gasteiger partial charge in [-0.3, -0.25) is 4.57 Å². The summed E-state index contributed by atoms with van der Waals surface area (Å²) in [5, 5.41) is 15.4. The summed E-state index contributed by atoms with van der Waals surface area (Å²) in [6.45, 7) is 0. The van der Waals surface area contributed by atoms with Gasteiger partial charge >= 0.3 is 0 Å². The second-order valence-corrected chi connectivity index (χ2v) is 17.0. The number of nitrogens with zero attached hydrogens (tertiary/aromatic N) is 4. The number of aromatic nitrogens is 2. The van der Waals surface area contributed by atoms with Gasteiger partial charge in [0.1, 0.15) is 23.2 Å². The number of nitrogens with one attached hydrogen (secondary N) is 1. The molecule has 0 amide bonds. The number of fused-ring (bicyclic) bond motifs is 11. The first-order chi connectivity index (χ1) is 32.2. The van der Waals surface area contributed by atoms with Crippen LogP contribution in [-0.4, -0.2) is 20.9 Å². The van der Waals surface area contributed by atoms with Gasteiger partial charge in [-0.05, 0) is 92.8 Å². The zero-order chi connectivity index (χ0) is 42.6. The fourth-order valence-corrected chi connectivity index (χ4v) is 10.3. The minimum Gasteiger partial charge on any atom is -0.456 e. The van der Waals surface area contributed by atoms with E-state index >= 15 is 0 Å². The fraction of sp³-hybridized carbons (Fsp3) is 0.0169. The van der Waals surface area contributed by atoms with Crippen LogP contribution in [0.3, 0.4) is 0 Å². The molecule has 0 saturated carbocycles. The van der Waals surface area contributed by atoms with Gasteiger partial charge in [0.15, 0.2) is 0 Å². The number of rotatable bonds is 4. The molecule has 0 aliphatic carbocycles. The van der Waals surface area contributed by atoms with E-state index in [1.807, 2.05) is 12.1 Å². The maximum atomic E-state index is 6.72. The Bertz CT molecular complexity index is 4020. The normalized spacial score (nSPS) is 14.3. The first kappa shape index (κ1) is 35.8. The molecule has 14 rings (SSSR count). The van der Waals surface area contributed by atoms with Crippen LogP contribution >= 0.6 is 0 Å². The van der Waals surface area contributed by atoms with Crippen molar-refractivity contribution in [2.75, 3.05) is 0 Å². The van der Waals surface area contributed by atoms with Crippen molar-refractivity contribution in [2.45, 2.75) is 6.17 Å². The summed E-state index contributed by atoms with van der Waals surface area (Å²) in [5.41, 5.74) is 11.1. The second kappa shape index (κ2) is 13.9. The predicted octanol–water partition coefficient (Wildman–Crippen LogP) is 14.7. The van der Waals surface area contributed by atoms with Gasteiger partial charge in [-0.15, -0.1) is 0 Å². The van der Waals surface area contributed by atoms with Crippen LogP contribution in [0.1, 0.15) is 17.3 Å². The monoisotopic (exact) mass is 831 g/mol. The number of furan rings is 1. The third-order valence-electron chi connectivity index (χ3n) is 13.3. The summed E-state index contributed by atoms with van der Waals surface area (Å²) < 4.78 is 11.4. The molecule has 304 valence electrons. The Hall–Kier alpha value is -8.74. The molecule has 10 aromatic carbocycles. The first-order valence-corrected chi connectivity index (χ1v) is 22.1. The Labute approximate surface area is 372 Å². The van der Waals surface area contributed by atoms with Crippen LogP contribution in [0, 0.1) is 0 Å². The molecule has 6 nitrogen and oxygen atoms in total. The molecule has 4 heterocycles. The second-order valence-electron chi connectivity index (χ2n) is 17.0. The van der Waals surface area contributed by atoms with Crippen molar-refractivity contribution in [1.82, 2.24) is 14.5 Å². The minimum atomic E-state index is -0.475. The van der Waals surface area contributed by atoms with Gasteiger partial charge in [0.2, 0.25) is 5.96 Å². The molecule has 13 aromatic rings. The molecule has 0 radical (unpaired) electrons. The Balaban J connectivity index is 1.09. The van der Waals surface area contributed by atoms with E-state index in [0.717, 1.165) is 82.7 Å². The maximum Gasteiger partial charge on any atom is 0.234 e. The molecule has 0 bridgehead atoms. The quantitative estimate of drug-likeness (QED) is 0.192. The Morgan fingerprint density at radius 3 is 1.65 bits per heavy atom. The molecule has 1 aliphatic rings. The zero-order valence-electron chi connectivity index (χ0n) is 35.0. The number of para-hydroxylation sites is 3. The third-order valence-corrected chi connectivity index (χ3v) is 13.3. The molecular weight excluding hydrogens is 795 g/mol. The lowest BCUT2D eigenvalue weighted by Crippen LogP contribution is -2.35. The lowest BCUT2D eigenvalue weighted by molar-refractivity contribution is 0.666. The number of hydrogen-bond donors (Lipinski definition) is 1. The molecule has 0 saturated heterocycles. The van der Waals surface area contributed by atoms with E-state index in [-0.39, 0.29) is 0 Å². The summed E-state index contributed by atoms with van der Waals surface area (Å²) in [4.78, 5) is 11.2. The summed E-state index contributed by atoms with van der Waals surface area (Å²) >= 11 is 0. The molecule has 0 fully saturated rings. The van der Waals surface area contributed by atoms with E-state index in [1.165, 1.54) is 32.3 Å². The summed E-state index contributed by atoms with van der Waals surface area (Å²) in [6.07, 6.45) is -0.475. The molecule has 1 unspecified atom stereocenters. The van der Waals surface area contributed by atoms with Crippen molar-refractivity contribution in [3.8, 4) is 16.8 Å². The SMILES string of the molecule is c1ccc(-c2cccc(C3N=C(n4c5ccccc5c5ccccc54)N=C(c4cc5c(cc4-n4c6cc7ccccc7cc6c6cc7ccccc7cc64)oc4ccccc45)N3)c2)cc1. The van der Waals surface area contributed by atoms with Gasteiger partial charge in [0.25, 0.3) is 0 Å². The zero-order valence-corrected chi connectivity index (χ0v) is 35.0. The van der Waals surface area contributed by atoms with E-state index in [4.69, 9.17) is 14.4 Å². The highest BCUT2D eigenvalue weighted by atomic mass is 16.3.